The van der Waals surface area contributed by atoms with Gasteiger partial charge in [-0.3, -0.25) is 15.3 Å². The molecule has 2 aliphatic heterocycles. The van der Waals surface area contributed by atoms with Crippen molar-refractivity contribution in [1.29, 1.82) is 0 Å². The average molecular weight is 728 g/mol. The van der Waals surface area contributed by atoms with E-state index >= 15 is 0 Å². The molecule has 6 aliphatic rings. The van der Waals surface area contributed by atoms with Gasteiger partial charge in [0.25, 0.3) is 0 Å². The highest BCUT2D eigenvalue weighted by Gasteiger charge is 2.45. The Morgan fingerprint density at radius 2 is 1.73 bits per heavy atom. The van der Waals surface area contributed by atoms with E-state index in [1.54, 1.807) is 7.11 Å². The number of carbonyl (C=O) groups is 2. The Hall–Kier alpha value is -1.38. The van der Waals surface area contributed by atoms with Crippen LogP contribution in [0.4, 0.5) is 0 Å². The number of methoxy groups -OCH3 is 1. The molecule has 13 unspecified atom stereocenters. The summed E-state index contributed by atoms with van der Waals surface area (Å²) in [6, 6.07) is 0.486. The van der Waals surface area contributed by atoms with Gasteiger partial charge < -0.3 is 30.7 Å². The summed E-state index contributed by atoms with van der Waals surface area (Å²) in [6.45, 7) is 2.17. The lowest BCUT2D eigenvalue weighted by atomic mass is 9.60. The van der Waals surface area contributed by atoms with Gasteiger partial charge in [-0.1, -0.05) is 43.9 Å². The van der Waals surface area contributed by atoms with Crippen LogP contribution < -0.4 is 16.4 Å². The van der Waals surface area contributed by atoms with E-state index in [1.165, 1.54) is 44.9 Å². The van der Waals surface area contributed by atoms with Gasteiger partial charge in [-0.15, -0.1) is 0 Å². The topological polar surface area (TPSA) is 163 Å². The number of piperidine rings is 2. The fraction of sp³-hybridized carbons (Fsp3) is 0.907. The molecule has 0 amide bonds. The lowest BCUT2D eigenvalue weighted by Gasteiger charge is -2.47. The SMILES string of the molecule is COC1CC2CCC(=O)C(C(O)CCCCC3C[NH2+]C4CC(=O)CCC4C3)C#CC(CCC(O)CC3(C4CC[NH2+]C(N)C4)CCCCC3)C2CC1O. The molecule has 0 bridgehead atoms. The van der Waals surface area contributed by atoms with Gasteiger partial charge in [0.2, 0.25) is 0 Å². The average Bonchev–Trinajstić information content (AvgIpc) is 3.20. The van der Waals surface area contributed by atoms with Crippen LogP contribution in [0.25, 0.3) is 0 Å². The number of hydrogen-bond acceptors (Lipinski definition) is 7. The first-order valence-electron chi connectivity index (χ1n) is 21.7. The Morgan fingerprint density at radius 1 is 0.923 bits per heavy atom. The van der Waals surface area contributed by atoms with Gasteiger partial charge in [0.15, 0.2) is 0 Å². The number of unbranched alkanes of at least 4 members (excludes halogenated alkanes) is 1. The number of ketones is 2. The second-order valence-corrected chi connectivity index (χ2v) is 18.5. The largest absolute Gasteiger partial charge is 0.393 e. The van der Waals surface area contributed by atoms with E-state index < -0.39 is 24.2 Å². The Morgan fingerprint density at radius 3 is 2.52 bits per heavy atom. The molecule has 13 atom stereocenters. The van der Waals surface area contributed by atoms with Crippen molar-refractivity contribution in [3.8, 4) is 11.8 Å². The summed E-state index contributed by atoms with van der Waals surface area (Å²) in [5.74, 6) is 8.86. The Balaban J connectivity index is 1.08. The van der Waals surface area contributed by atoms with Crippen molar-refractivity contribution in [3.05, 3.63) is 0 Å². The molecule has 2 heterocycles. The van der Waals surface area contributed by atoms with E-state index in [2.05, 4.69) is 22.5 Å². The fourth-order valence-corrected chi connectivity index (χ4v) is 12.1. The van der Waals surface area contributed by atoms with Crippen molar-refractivity contribution < 1.29 is 40.3 Å². The van der Waals surface area contributed by atoms with Crippen LogP contribution in [0.2, 0.25) is 0 Å². The zero-order valence-electron chi connectivity index (χ0n) is 32.3. The van der Waals surface area contributed by atoms with Gasteiger partial charge in [-0.2, -0.15) is 0 Å². The number of carbonyl (C=O) groups excluding carboxylic acids is 2. The molecule has 6 rings (SSSR count). The van der Waals surface area contributed by atoms with Crippen molar-refractivity contribution >= 4 is 11.6 Å². The molecular formula is C43H73N3O6+2. The van der Waals surface area contributed by atoms with Gasteiger partial charge in [-0.25, -0.2) is 0 Å². The molecule has 9 heteroatoms. The smallest absolute Gasteiger partial charge is 0.150 e. The van der Waals surface area contributed by atoms with Gasteiger partial charge in [0.1, 0.15) is 23.7 Å². The second-order valence-electron chi connectivity index (χ2n) is 18.5. The van der Waals surface area contributed by atoms with Gasteiger partial charge >= 0.3 is 0 Å². The predicted molar refractivity (Wildman–Crippen MR) is 200 cm³/mol. The zero-order valence-corrected chi connectivity index (χ0v) is 32.3. The highest BCUT2D eigenvalue weighted by atomic mass is 16.5. The molecule has 0 radical (unpaired) electrons. The van der Waals surface area contributed by atoms with Crippen molar-refractivity contribution in [2.45, 2.75) is 178 Å². The van der Waals surface area contributed by atoms with Crippen molar-refractivity contribution in [2.75, 3.05) is 20.2 Å². The normalized spacial score (nSPS) is 39.4. The third-order valence-electron chi connectivity index (χ3n) is 15.2. The number of hydrogen-bond donors (Lipinski definition) is 6. The molecule has 0 aromatic carbocycles. The number of aliphatic hydroxyl groups excluding tert-OH is 3. The monoisotopic (exact) mass is 728 g/mol. The zero-order chi connectivity index (χ0) is 36.7. The summed E-state index contributed by atoms with van der Waals surface area (Å²) in [4.78, 5) is 25.6. The lowest BCUT2D eigenvalue weighted by Crippen LogP contribution is -2.95. The Kier molecular flexibility index (Phi) is 14.7. The third kappa shape index (κ3) is 10.3. The highest BCUT2D eigenvalue weighted by Crippen LogP contribution is 2.50. The standard InChI is InChI=1S/C43H71N3O6/c1-52-41-22-30-12-16-39(50)35(38(49)8-4-3-7-28-21-31-10-13-33(47)24-37(31)46-27-28)15-11-29(36(30)25-40(41)51)9-14-34(48)26-43(18-5-2-6-19-43)32-17-20-45-42(44)23-32/h28-32,34-38,40-42,45-46,48-49,51H,2-10,12-14,16-27,44H2,1H3/p+2. The molecule has 0 spiro atoms. The second kappa shape index (κ2) is 19.0. The number of nitrogens with two attached hydrogens (primary N) is 3. The summed E-state index contributed by atoms with van der Waals surface area (Å²) in [5.41, 5.74) is 6.59. The third-order valence-corrected chi connectivity index (χ3v) is 15.2. The summed E-state index contributed by atoms with van der Waals surface area (Å²) >= 11 is 0. The molecule has 3 saturated carbocycles. The summed E-state index contributed by atoms with van der Waals surface area (Å²) in [5, 5.41) is 38.9. The lowest BCUT2D eigenvalue weighted by molar-refractivity contribution is -0.711. The van der Waals surface area contributed by atoms with Gasteiger partial charge in [0.05, 0.1) is 50.0 Å². The molecule has 9 N–H and O–H groups in total. The van der Waals surface area contributed by atoms with E-state index in [0.717, 1.165) is 77.3 Å². The molecule has 0 aromatic heterocycles. The number of fused-ring (bicyclic) bond motifs is 2. The molecule has 0 aromatic rings. The van der Waals surface area contributed by atoms with E-state index in [9.17, 15) is 24.9 Å². The highest BCUT2D eigenvalue weighted by molar-refractivity contribution is 5.84. The van der Waals surface area contributed by atoms with Crippen LogP contribution in [0.1, 0.15) is 141 Å². The first-order chi connectivity index (χ1) is 25.1. The van der Waals surface area contributed by atoms with Crippen LogP contribution in [0, 0.1) is 58.7 Å². The molecule has 9 nitrogen and oxygen atoms in total. The molecular weight excluding hydrogens is 654 g/mol. The maximum atomic E-state index is 13.7. The maximum Gasteiger partial charge on any atom is 0.150 e. The maximum absolute atomic E-state index is 13.7. The molecule has 294 valence electrons. The number of Topliss-reactive ketones (excluding diaryl/α,β-unsaturated/α-hetero) is 2. The van der Waals surface area contributed by atoms with Crippen LogP contribution in [-0.2, 0) is 14.3 Å². The van der Waals surface area contributed by atoms with Crippen molar-refractivity contribution in [3.63, 3.8) is 0 Å². The van der Waals surface area contributed by atoms with E-state index in [0.29, 0.717) is 61.7 Å². The van der Waals surface area contributed by atoms with Crippen molar-refractivity contribution in [2.24, 2.45) is 52.6 Å². The first-order valence-corrected chi connectivity index (χ1v) is 21.7. The van der Waals surface area contributed by atoms with Crippen LogP contribution in [-0.4, -0.2) is 83.7 Å². The fourth-order valence-electron chi connectivity index (χ4n) is 12.1. The minimum Gasteiger partial charge on any atom is -0.393 e. The van der Waals surface area contributed by atoms with Gasteiger partial charge in [0, 0.05) is 50.5 Å². The Labute approximate surface area is 313 Å². The van der Waals surface area contributed by atoms with E-state index in [1.807, 2.05) is 0 Å². The number of quaternary nitrogens is 2. The van der Waals surface area contributed by atoms with E-state index in [-0.39, 0.29) is 41.2 Å². The minimum atomic E-state index is -0.777. The molecule has 2 saturated heterocycles. The van der Waals surface area contributed by atoms with Gasteiger partial charge in [-0.05, 0) is 100 Å². The number of rotatable bonds is 13. The molecule has 4 aliphatic carbocycles. The van der Waals surface area contributed by atoms with Crippen LogP contribution >= 0.6 is 0 Å². The quantitative estimate of drug-likeness (QED) is 0.126. The summed E-state index contributed by atoms with van der Waals surface area (Å²) in [7, 11) is 1.66. The van der Waals surface area contributed by atoms with Crippen LogP contribution in [0.15, 0.2) is 0 Å². The Bertz CT molecular complexity index is 1230. The van der Waals surface area contributed by atoms with Crippen molar-refractivity contribution in [1.82, 2.24) is 0 Å². The summed E-state index contributed by atoms with van der Waals surface area (Å²) in [6.07, 6.45) is 18.5. The van der Waals surface area contributed by atoms with E-state index in [4.69, 9.17) is 10.5 Å². The predicted octanol–water partition coefficient (Wildman–Crippen LogP) is 2.97. The van der Waals surface area contributed by atoms with Crippen LogP contribution in [0.5, 0.6) is 0 Å². The molecule has 5 fully saturated rings. The minimum absolute atomic E-state index is 0.0430. The molecule has 52 heavy (non-hydrogen) atoms. The summed E-state index contributed by atoms with van der Waals surface area (Å²) < 4.78 is 5.69. The number of aliphatic hydroxyl groups is 3. The van der Waals surface area contributed by atoms with Crippen LogP contribution in [0.3, 0.4) is 0 Å². The first kappa shape index (κ1) is 40.3. The number of ether oxygens (including phenoxy) is 1.